The van der Waals surface area contributed by atoms with Crippen LogP contribution in [-0.2, 0) is 12.8 Å². The summed E-state index contributed by atoms with van der Waals surface area (Å²) in [6.45, 7) is 0. The van der Waals surface area contributed by atoms with E-state index in [-0.39, 0.29) is 0 Å². The summed E-state index contributed by atoms with van der Waals surface area (Å²) in [4.78, 5) is 20.1. The van der Waals surface area contributed by atoms with E-state index in [4.69, 9.17) is 4.74 Å². The second-order valence-electron chi connectivity index (χ2n) is 4.11. The topological polar surface area (TPSA) is 76.6 Å². The maximum Gasteiger partial charge on any atom is 0.180 e. The van der Waals surface area contributed by atoms with E-state index in [2.05, 4.69) is 24.9 Å². The molecule has 0 fully saturated rings. The van der Waals surface area contributed by atoms with Gasteiger partial charge in [-0.25, -0.2) is 15.0 Å². The summed E-state index contributed by atoms with van der Waals surface area (Å²) in [5, 5.41) is 0. The predicted molar refractivity (Wildman–Crippen MR) is 69.9 cm³/mol. The van der Waals surface area contributed by atoms with Gasteiger partial charge in [0.2, 0.25) is 0 Å². The molecule has 0 saturated carbocycles. The summed E-state index contributed by atoms with van der Waals surface area (Å²) < 4.78 is 5.17. The summed E-state index contributed by atoms with van der Waals surface area (Å²) >= 11 is 0. The van der Waals surface area contributed by atoms with Crippen molar-refractivity contribution in [1.29, 1.82) is 0 Å². The molecule has 0 saturated heterocycles. The van der Waals surface area contributed by atoms with Crippen LogP contribution in [0.5, 0.6) is 5.75 Å². The van der Waals surface area contributed by atoms with Gasteiger partial charge < -0.3 is 9.72 Å². The molecule has 3 aromatic heterocycles. The van der Waals surface area contributed by atoms with Crippen molar-refractivity contribution in [2.24, 2.45) is 0 Å². The lowest BCUT2D eigenvalue weighted by atomic mass is 10.2. The van der Waals surface area contributed by atoms with E-state index in [0.717, 1.165) is 35.6 Å². The first-order valence-electron chi connectivity index (χ1n) is 5.99. The molecule has 1 N–H and O–H groups in total. The summed E-state index contributed by atoms with van der Waals surface area (Å²) in [6.07, 6.45) is 6.61. The number of ether oxygens (including phenoxy) is 1. The van der Waals surface area contributed by atoms with Crippen LogP contribution in [0.2, 0.25) is 0 Å². The van der Waals surface area contributed by atoms with Crippen LogP contribution in [0.3, 0.4) is 0 Å². The second-order valence-corrected chi connectivity index (χ2v) is 4.11. The lowest BCUT2D eigenvalue weighted by Crippen LogP contribution is -2.00. The number of methoxy groups -OCH3 is 1. The number of imidazole rings is 1. The Morgan fingerprint density at radius 1 is 1.21 bits per heavy atom. The molecule has 0 aromatic carbocycles. The zero-order valence-corrected chi connectivity index (χ0v) is 10.5. The maximum atomic E-state index is 5.17. The smallest absolute Gasteiger partial charge is 0.180 e. The molecule has 6 heteroatoms. The van der Waals surface area contributed by atoms with Crippen molar-refractivity contribution in [2.45, 2.75) is 12.8 Å². The Bertz CT molecular complexity index is 694. The number of hydrogen-bond acceptors (Lipinski definition) is 5. The maximum absolute atomic E-state index is 5.17. The highest BCUT2D eigenvalue weighted by atomic mass is 16.5. The van der Waals surface area contributed by atoms with Crippen molar-refractivity contribution >= 4 is 11.2 Å². The molecule has 19 heavy (non-hydrogen) atoms. The molecule has 6 nitrogen and oxygen atoms in total. The highest BCUT2D eigenvalue weighted by molar-refractivity contribution is 5.68. The molecule has 0 aliphatic carbocycles. The van der Waals surface area contributed by atoms with Crippen molar-refractivity contribution < 1.29 is 4.74 Å². The van der Waals surface area contributed by atoms with E-state index in [1.54, 1.807) is 25.8 Å². The number of rotatable bonds is 4. The highest BCUT2D eigenvalue weighted by Crippen LogP contribution is 2.12. The van der Waals surface area contributed by atoms with Crippen LogP contribution in [0.4, 0.5) is 0 Å². The van der Waals surface area contributed by atoms with Crippen LogP contribution in [0.15, 0.2) is 30.9 Å². The summed E-state index contributed by atoms with van der Waals surface area (Å²) in [5.74, 6) is 1.58. The van der Waals surface area contributed by atoms with Crippen LogP contribution in [0.1, 0.15) is 11.5 Å². The molecule has 0 spiro atoms. The Balaban J connectivity index is 1.74. The molecular weight excluding hydrogens is 242 g/mol. The molecule has 0 aliphatic heterocycles. The van der Waals surface area contributed by atoms with Crippen molar-refractivity contribution in [3.8, 4) is 5.75 Å². The number of pyridine rings is 1. The molecule has 0 atom stereocenters. The van der Waals surface area contributed by atoms with Gasteiger partial charge in [-0.15, -0.1) is 0 Å². The minimum absolute atomic E-state index is 0.698. The molecule has 0 radical (unpaired) electrons. The molecule has 0 aliphatic rings. The average Bonchev–Trinajstić information content (AvgIpc) is 2.93. The second kappa shape index (κ2) is 5.01. The van der Waals surface area contributed by atoms with Gasteiger partial charge in [0.1, 0.15) is 17.1 Å². The molecular formula is C13H13N5O. The Morgan fingerprint density at radius 2 is 2.16 bits per heavy atom. The number of H-pyrrole nitrogens is 1. The number of nitrogens with one attached hydrogen (secondary N) is 1. The number of fused-ring (bicyclic) bond motifs is 1. The first-order chi connectivity index (χ1) is 9.35. The quantitative estimate of drug-likeness (QED) is 0.765. The Morgan fingerprint density at radius 3 is 3.05 bits per heavy atom. The molecule has 96 valence electrons. The van der Waals surface area contributed by atoms with Crippen molar-refractivity contribution in [3.63, 3.8) is 0 Å². The number of aryl methyl sites for hydroxylation is 2. The fraction of sp³-hybridized carbons (Fsp3) is 0.231. The van der Waals surface area contributed by atoms with Gasteiger partial charge >= 0.3 is 0 Å². The van der Waals surface area contributed by atoms with Gasteiger partial charge in [0.25, 0.3) is 0 Å². The first-order valence-corrected chi connectivity index (χ1v) is 5.99. The number of nitrogens with zero attached hydrogens (tertiary/aromatic N) is 4. The molecule has 3 aromatic rings. The van der Waals surface area contributed by atoms with Crippen molar-refractivity contribution in [1.82, 2.24) is 24.9 Å². The van der Waals surface area contributed by atoms with Gasteiger partial charge in [0, 0.05) is 24.4 Å². The van der Waals surface area contributed by atoms with Crippen LogP contribution in [0.25, 0.3) is 11.2 Å². The van der Waals surface area contributed by atoms with Crippen molar-refractivity contribution in [3.05, 3.63) is 42.4 Å². The Labute approximate surface area is 109 Å². The van der Waals surface area contributed by atoms with E-state index in [1.807, 2.05) is 12.1 Å². The zero-order valence-electron chi connectivity index (χ0n) is 10.5. The third-order valence-electron chi connectivity index (χ3n) is 2.85. The first kappa shape index (κ1) is 11.6. The fourth-order valence-corrected chi connectivity index (χ4v) is 1.85. The van der Waals surface area contributed by atoms with Crippen LogP contribution < -0.4 is 4.74 Å². The van der Waals surface area contributed by atoms with Gasteiger partial charge in [0.05, 0.1) is 19.6 Å². The van der Waals surface area contributed by atoms with Crippen molar-refractivity contribution in [2.75, 3.05) is 7.11 Å². The van der Waals surface area contributed by atoms with E-state index >= 15 is 0 Å². The normalized spacial score (nSPS) is 10.8. The van der Waals surface area contributed by atoms with Gasteiger partial charge in [-0.2, -0.15) is 0 Å². The predicted octanol–water partition coefficient (Wildman–Crippen LogP) is 1.54. The van der Waals surface area contributed by atoms with E-state index in [0.29, 0.717) is 5.65 Å². The average molecular weight is 255 g/mol. The minimum atomic E-state index is 0.698. The minimum Gasteiger partial charge on any atom is -0.497 e. The van der Waals surface area contributed by atoms with Gasteiger partial charge in [-0.05, 0) is 12.5 Å². The number of aromatic amines is 1. The largest absolute Gasteiger partial charge is 0.497 e. The van der Waals surface area contributed by atoms with Crippen LogP contribution in [-0.4, -0.2) is 32.0 Å². The lowest BCUT2D eigenvalue weighted by Gasteiger charge is -2.03. The Kier molecular flexibility index (Phi) is 3.06. The number of aromatic nitrogens is 5. The molecule has 3 heterocycles. The standard InChI is InChI=1S/C13H13N5O/c1-19-10-4-5-14-9(6-10)2-3-12-15-7-11-13(18-12)17-8-16-11/h4-8H,2-3H2,1H3,(H,15,16,17,18). The van der Waals surface area contributed by atoms with Gasteiger partial charge in [-0.1, -0.05) is 0 Å². The van der Waals surface area contributed by atoms with E-state index in [1.165, 1.54) is 0 Å². The molecule has 0 amide bonds. The third-order valence-corrected chi connectivity index (χ3v) is 2.85. The van der Waals surface area contributed by atoms with Gasteiger partial charge in [0.15, 0.2) is 5.65 Å². The van der Waals surface area contributed by atoms with Gasteiger partial charge in [-0.3, -0.25) is 4.98 Å². The SMILES string of the molecule is COc1ccnc(CCc2ncc3[nH]cnc3n2)c1. The summed E-state index contributed by atoms with van der Waals surface area (Å²) in [6, 6.07) is 3.75. The zero-order chi connectivity index (χ0) is 13.1. The molecule has 0 bridgehead atoms. The summed E-state index contributed by atoms with van der Waals surface area (Å²) in [7, 11) is 1.65. The van der Waals surface area contributed by atoms with Crippen LogP contribution >= 0.6 is 0 Å². The van der Waals surface area contributed by atoms with E-state index < -0.39 is 0 Å². The third kappa shape index (κ3) is 2.52. The lowest BCUT2D eigenvalue weighted by molar-refractivity contribution is 0.413. The Hall–Kier alpha value is -2.50. The van der Waals surface area contributed by atoms with Crippen LogP contribution in [0, 0.1) is 0 Å². The fourth-order valence-electron chi connectivity index (χ4n) is 1.85. The molecule has 0 unspecified atom stereocenters. The summed E-state index contributed by atoms with van der Waals surface area (Å²) in [5.41, 5.74) is 2.51. The molecule has 3 rings (SSSR count). The number of hydrogen-bond donors (Lipinski definition) is 1. The monoisotopic (exact) mass is 255 g/mol. The van der Waals surface area contributed by atoms with E-state index in [9.17, 15) is 0 Å². The highest BCUT2D eigenvalue weighted by Gasteiger charge is 2.04.